The first-order chi connectivity index (χ1) is 12.0. The molecule has 0 saturated carbocycles. The standard InChI is InChI=1S/C18H16FN5O/c1-11-7-15(5-6-16(11)12-9-21-17(20)22-10-12)24-18(25)23-14-4-2-3-13(19)8-14/h2-10H,1H3,(H2,20,21,22)(H2,23,24,25). The minimum absolute atomic E-state index is 0.216. The molecule has 4 N–H and O–H groups in total. The maximum Gasteiger partial charge on any atom is 0.323 e. The molecule has 126 valence electrons. The lowest BCUT2D eigenvalue weighted by molar-refractivity contribution is 0.262. The number of amides is 2. The van der Waals surface area contributed by atoms with E-state index in [1.54, 1.807) is 24.5 Å². The Balaban J connectivity index is 1.72. The van der Waals surface area contributed by atoms with Crippen molar-refractivity contribution in [3.05, 3.63) is 66.2 Å². The van der Waals surface area contributed by atoms with Crippen LogP contribution in [0.3, 0.4) is 0 Å². The van der Waals surface area contributed by atoms with E-state index in [1.807, 2.05) is 19.1 Å². The van der Waals surface area contributed by atoms with Crippen molar-refractivity contribution < 1.29 is 9.18 Å². The second kappa shape index (κ2) is 6.96. The van der Waals surface area contributed by atoms with E-state index in [0.717, 1.165) is 16.7 Å². The van der Waals surface area contributed by atoms with Crippen molar-refractivity contribution in [3.8, 4) is 11.1 Å². The van der Waals surface area contributed by atoms with Crippen LogP contribution >= 0.6 is 0 Å². The summed E-state index contributed by atoms with van der Waals surface area (Å²) in [5.41, 5.74) is 9.21. The van der Waals surface area contributed by atoms with E-state index < -0.39 is 11.8 Å². The molecule has 0 atom stereocenters. The van der Waals surface area contributed by atoms with Crippen molar-refractivity contribution >= 4 is 23.4 Å². The number of urea groups is 1. The molecule has 0 aliphatic carbocycles. The van der Waals surface area contributed by atoms with Gasteiger partial charge in [-0.25, -0.2) is 19.2 Å². The molecule has 2 aromatic carbocycles. The Morgan fingerprint density at radius 1 is 1.04 bits per heavy atom. The molecule has 25 heavy (non-hydrogen) atoms. The van der Waals surface area contributed by atoms with Crippen molar-refractivity contribution in [3.63, 3.8) is 0 Å². The van der Waals surface area contributed by atoms with Crippen molar-refractivity contribution in [2.45, 2.75) is 6.92 Å². The van der Waals surface area contributed by atoms with Crippen LogP contribution in [-0.2, 0) is 0 Å². The maximum atomic E-state index is 13.1. The topological polar surface area (TPSA) is 92.9 Å². The number of nitrogens with one attached hydrogen (secondary N) is 2. The fourth-order valence-electron chi connectivity index (χ4n) is 2.40. The van der Waals surface area contributed by atoms with Crippen LogP contribution in [0.25, 0.3) is 11.1 Å². The predicted molar refractivity (Wildman–Crippen MR) is 95.7 cm³/mol. The Kier molecular flexibility index (Phi) is 4.56. The van der Waals surface area contributed by atoms with E-state index in [1.165, 1.54) is 18.2 Å². The molecule has 3 rings (SSSR count). The molecule has 0 spiro atoms. The van der Waals surface area contributed by atoms with Gasteiger partial charge in [0.1, 0.15) is 5.82 Å². The molecule has 1 aromatic heterocycles. The molecule has 0 unspecified atom stereocenters. The first kappa shape index (κ1) is 16.4. The monoisotopic (exact) mass is 337 g/mol. The van der Waals surface area contributed by atoms with Crippen LogP contribution in [0.15, 0.2) is 54.9 Å². The molecule has 0 saturated heterocycles. The van der Waals surface area contributed by atoms with Gasteiger partial charge < -0.3 is 16.4 Å². The number of nitrogens with zero attached hydrogens (tertiary/aromatic N) is 2. The number of nitrogens with two attached hydrogens (primary N) is 1. The Hall–Kier alpha value is -3.48. The average Bonchev–Trinajstić information content (AvgIpc) is 2.56. The maximum absolute atomic E-state index is 13.1. The Labute approximate surface area is 143 Å². The van der Waals surface area contributed by atoms with Crippen LogP contribution in [-0.4, -0.2) is 16.0 Å². The van der Waals surface area contributed by atoms with Gasteiger partial charge in [-0.15, -0.1) is 0 Å². The summed E-state index contributed by atoms with van der Waals surface area (Å²) in [7, 11) is 0. The molecule has 0 bridgehead atoms. The molecule has 0 aliphatic heterocycles. The molecule has 6 nitrogen and oxygen atoms in total. The summed E-state index contributed by atoms with van der Waals surface area (Å²) in [6.45, 7) is 1.92. The Morgan fingerprint density at radius 3 is 2.36 bits per heavy atom. The third-order valence-electron chi connectivity index (χ3n) is 3.55. The van der Waals surface area contributed by atoms with Gasteiger partial charge in [0.25, 0.3) is 0 Å². The minimum Gasteiger partial charge on any atom is -0.368 e. The summed E-state index contributed by atoms with van der Waals surface area (Å²) in [4.78, 5) is 20.0. The van der Waals surface area contributed by atoms with Gasteiger partial charge in [-0.05, 0) is 48.4 Å². The fourth-order valence-corrected chi connectivity index (χ4v) is 2.40. The molecule has 0 aliphatic rings. The number of aromatic nitrogens is 2. The highest BCUT2D eigenvalue weighted by atomic mass is 19.1. The number of anilines is 3. The van der Waals surface area contributed by atoms with Crippen molar-refractivity contribution in [1.82, 2.24) is 9.97 Å². The molecule has 7 heteroatoms. The second-order valence-corrected chi connectivity index (χ2v) is 5.45. The number of benzene rings is 2. The van der Waals surface area contributed by atoms with E-state index >= 15 is 0 Å². The number of nitrogen functional groups attached to an aromatic ring is 1. The van der Waals surface area contributed by atoms with Crippen LogP contribution in [0.2, 0.25) is 0 Å². The van der Waals surface area contributed by atoms with Crippen LogP contribution < -0.4 is 16.4 Å². The molecule has 3 aromatic rings. The van der Waals surface area contributed by atoms with Crippen LogP contribution in [0, 0.1) is 12.7 Å². The Bertz CT molecular complexity index is 912. The zero-order chi connectivity index (χ0) is 17.8. The van der Waals surface area contributed by atoms with Gasteiger partial charge >= 0.3 is 6.03 Å². The third kappa shape index (κ3) is 4.08. The SMILES string of the molecule is Cc1cc(NC(=O)Nc2cccc(F)c2)ccc1-c1cnc(N)nc1. The number of halogens is 1. The number of hydrogen-bond acceptors (Lipinski definition) is 4. The lowest BCUT2D eigenvalue weighted by Crippen LogP contribution is -2.19. The van der Waals surface area contributed by atoms with Crippen LogP contribution in [0.4, 0.5) is 26.5 Å². The van der Waals surface area contributed by atoms with E-state index in [4.69, 9.17) is 5.73 Å². The summed E-state index contributed by atoms with van der Waals surface area (Å²) >= 11 is 0. The summed E-state index contributed by atoms with van der Waals surface area (Å²) in [6, 6.07) is 10.7. The van der Waals surface area contributed by atoms with Gasteiger partial charge in [-0.3, -0.25) is 0 Å². The van der Waals surface area contributed by atoms with Crippen molar-refractivity contribution in [2.24, 2.45) is 0 Å². The van der Waals surface area contributed by atoms with Gasteiger partial charge in [0.15, 0.2) is 0 Å². The Morgan fingerprint density at radius 2 is 1.72 bits per heavy atom. The molecular formula is C18H16FN5O. The van der Waals surface area contributed by atoms with E-state index in [-0.39, 0.29) is 5.95 Å². The number of rotatable bonds is 3. The lowest BCUT2D eigenvalue weighted by Gasteiger charge is -2.11. The highest BCUT2D eigenvalue weighted by Crippen LogP contribution is 2.25. The first-order valence-corrected chi connectivity index (χ1v) is 7.53. The summed E-state index contributed by atoms with van der Waals surface area (Å²) in [5, 5.41) is 5.29. The van der Waals surface area contributed by atoms with Gasteiger partial charge in [0.2, 0.25) is 5.95 Å². The van der Waals surface area contributed by atoms with Crippen LogP contribution in [0.1, 0.15) is 5.56 Å². The van der Waals surface area contributed by atoms with E-state index in [2.05, 4.69) is 20.6 Å². The normalized spacial score (nSPS) is 10.3. The predicted octanol–water partition coefficient (Wildman–Crippen LogP) is 3.82. The third-order valence-corrected chi connectivity index (χ3v) is 3.55. The molecule has 2 amide bonds. The zero-order valence-corrected chi connectivity index (χ0v) is 13.5. The highest BCUT2D eigenvalue weighted by Gasteiger charge is 2.07. The highest BCUT2D eigenvalue weighted by molar-refractivity contribution is 6.00. The van der Waals surface area contributed by atoms with Gasteiger partial charge in [-0.1, -0.05) is 12.1 Å². The number of carbonyl (C=O) groups excluding carboxylic acids is 1. The average molecular weight is 337 g/mol. The van der Waals surface area contributed by atoms with Gasteiger partial charge in [0, 0.05) is 29.3 Å². The van der Waals surface area contributed by atoms with Crippen molar-refractivity contribution in [2.75, 3.05) is 16.4 Å². The second-order valence-electron chi connectivity index (χ2n) is 5.45. The summed E-state index contributed by atoms with van der Waals surface area (Å²) in [5.74, 6) is -0.197. The molecule has 0 radical (unpaired) electrons. The number of hydrogen-bond donors (Lipinski definition) is 3. The number of aryl methyl sites for hydroxylation is 1. The molecule has 1 heterocycles. The first-order valence-electron chi connectivity index (χ1n) is 7.53. The largest absolute Gasteiger partial charge is 0.368 e. The fraction of sp³-hybridized carbons (Fsp3) is 0.0556. The van der Waals surface area contributed by atoms with Gasteiger partial charge in [0.05, 0.1) is 0 Å². The van der Waals surface area contributed by atoms with E-state index in [9.17, 15) is 9.18 Å². The van der Waals surface area contributed by atoms with E-state index in [0.29, 0.717) is 11.4 Å². The number of carbonyl (C=O) groups is 1. The molecule has 0 fully saturated rings. The summed E-state index contributed by atoms with van der Waals surface area (Å²) < 4.78 is 13.1. The lowest BCUT2D eigenvalue weighted by atomic mass is 10.0. The van der Waals surface area contributed by atoms with Gasteiger partial charge in [-0.2, -0.15) is 0 Å². The zero-order valence-electron chi connectivity index (χ0n) is 13.5. The van der Waals surface area contributed by atoms with Crippen LogP contribution in [0.5, 0.6) is 0 Å². The summed E-state index contributed by atoms with van der Waals surface area (Å²) in [6.07, 6.45) is 3.29. The minimum atomic E-state index is -0.450. The molecular weight excluding hydrogens is 321 g/mol. The smallest absolute Gasteiger partial charge is 0.323 e. The quantitative estimate of drug-likeness (QED) is 0.677. The van der Waals surface area contributed by atoms with Crippen molar-refractivity contribution in [1.29, 1.82) is 0 Å².